The minimum absolute atomic E-state index is 0.633. The van der Waals surface area contributed by atoms with Crippen LogP contribution in [0.4, 0.5) is 0 Å². The molecule has 0 N–H and O–H groups in total. The van der Waals surface area contributed by atoms with Crippen LogP contribution >= 0.6 is 0 Å². The Hall–Kier alpha value is -0.980. The third-order valence-electron chi connectivity index (χ3n) is 1.00. The van der Waals surface area contributed by atoms with Crippen LogP contribution in [0.5, 0.6) is 0 Å². The monoisotopic (exact) mass is 138 g/mol. The molecular weight excluding hydrogens is 124 g/mol. The van der Waals surface area contributed by atoms with Gasteiger partial charge in [0.1, 0.15) is 6.61 Å². The lowest BCUT2D eigenvalue weighted by molar-refractivity contribution is 0.282. The summed E-state index contributed by atoms with van der Waals surface area (Å²) in [5.41, 5.74) is 1.19. The molecule has 0 saturated carbocycles. The van der Waals surface area contributed by atoms with E-state index in [2.05, 4.69) is 6.58 Å². The van der Waals surface area contributed by atoms with Crippen LogP contribution in [-0.4, -0.2) is 6.61 Å². The van der Waals surface area contributed by atoms with Gasteiger partial charge in [-0.2, -0.15) is 0 Å². The second kappa shape index (κ2) is 6.14. The molecule has 0 amide bonds. The van der Waals surface area contributed by atoms with Gasteiger partial charge in [0.25, 0.3) is 0 Å². The fraction of sp³-hybridized carbons (Fsp3) is 0.333. The average molecular weight is 138 g/mol. The molecule has 56 valence electrons. The Morgan fingerprint density at radius 3 is 2.80 bits per heavy atom. The zero-order valence-corrected chi connectivity index (χ0v) is 6.63. The second-order valence-electron chi connectivity index (χ2n) is 2.02. The molecule has 0 atom stereocenters. The summed E-state index contributed by atoms with van der Waals surface area (Å²) in [5, 5.41) is 0. The van der Waals surface area contributed by atoms with E-state index in [1.807, 2.05) is 32.1 Å². The van der Waals surface area contributed by atoms with Crippen LogP contribution in [-0.2, 0) is 4.74 Å². The summed E-state index contributed by atoms with van der Waals surface area (Å²) in [6, 6.07) is 0. The Morgan fingerprint density at radius 1 is 1.60 bits per heavy atom. The highest BCUT2D eigenvalue weighted by molar-refractivity contribution is 5.10. The first-order chi connectivity index (χ1) is 4.81. The molecule has 0 aliphatic rings. The molecule has 0 aromatic heterocycles. The molecule has 0 aromatic carbocycles. The van der Waals surface area contributed by atoms with E-state index in [4.69, 9.17) is 4.74 Å². The number of ether oxygens (including phenoxy) is 1. The van der Waals surface area contributed by atoms with Crippen molar-refractivity contribution in [2.24, 2.45) is 0 Å². The Morgan fingerprint density at radius 2 is 2.30 bits per heavy atom. The molecule has 0 aromatic rings. The predicted octanol–water partition coefficient (Wildman–Crippen LogP) is 2.67. The minimum atomic E-state index is 0.633. The smallest absolute Gasteiger partial charge is 0.108 e. The van der Waals surface area contributed by atoms with Crippen molar-refractivity contribution in [3.05, 3.63) is 36.6 Å². The fourth-order valence-electron chi connectivity index (χ4n) is 0.499. The number of rotatable bonds is 4. The van der Waals surface area contributed by atoms with Gasteiger partial charge in [-0.3, -0.25) is 0 Å². The highest BCUT2D eigenvalue weighted by Gasteiger charge is 1.82. The highest BCUT2D eigenvalue weighted by atomic mass is 16.5. The molecule has 0 radical (unpaired) electrons. The quantitative estimate of drug-likeness (QED) is 0.428. The second-order valence-corrected chi connectivity index (χ2v) is 2.02. The first kappa shape index (κ1) is 9.02. The van der Waals surface area contributed by atoms with Crippen LogP contribution in [0.2, 0.25) is 0 Å². The van der Waals surface area contributed by atoms with Gasteiger partial charge in [0.05, 0.1) is 6.26 Å². The minimum Gasteiger partial charge on any atom is -0.497 e. The van der Waals surface area contributed by atoms with Crippen molar-refractivity contribution in [2.75, 3.05) is 6.61 Å². The van der Waals surface area contributed by atoms with Crippen LogP contribution in [0.15, 0.2) is 36.6 Å². The molecule has 0 saturated heterocycles. The fourth-order valence-corrected chi connectivity index (χ4v) is 0.499. The summed E-state index contributed by atoms with van der Waals surface area (Å²) < 4.78 is 4.95. The highest BCUT2D eigenvalue weighted by Crippen LogP contribution is 1.93. The van der Waals surface area contributed by atoms with E-state index >= 15 is 0 Å². The van der Waals surface area contributed by atoms with Crippen LogP contribution < -0.4 is 0 Å². The Kier molecular flexibility index (Phi) is 5.54. The van der Waals surface area contributed by atoms with Crippen molar-refractivity contribution in [3.63, 3.8) is 0 Å². The van der Waals surface area contributed by atoms with Crippen LogP contribution in [0.3, 0.4) is 0 Å². The van der Waals surface area contributed by atoms with Gasteiger partial charge in [0.2, 0.25) is 0 Å². The van der Waals surface area contributed by atoms with Crippen molar-refractivity contribution in [3.8, 4) is 0 Å². The van der Waals surface area contributed by atoms with Crippen molar-refractivity contribution in [1.82, 2.24) is 0 Å². The number of allylic oxidation sites excluding steroid dienone is 3. The van der Waals surface area contributed by atoms with Gasteiger partial charge in [-0.25, -0.2) is 0 Å². The summed E-state index contributed by atoms with van der Waals surface area (Å²) in [7, 11) is 0. The molecule has 0 bridgehead atoms. The van der Waals surface area contributed by atoms with Gasteiger partial charge in [0.15, 0.2) is 0 Å². The molecule has 1 nitrogen and oxygen atoms in total. The third kappa shape index (κ3) is 5.16. The van der Waals surface area contributed by atoms with Crippen LogP contribution in [0.1, 0.15) is 13.8 Å². The largest absolute Gasteiger partial charge is 0.497 e. The van der Waals surface area contributed by atoms with Gasteiger partial charge < -0.3 is 4.74 Å². The van der Waals surface area contributed by atoms with Gasteiger partial charge >= 0.3 is 0 Å². The summed E-state index contributed by atoms with van der Waals surface area (Å²) in [6.07, 6.45) is 7.44. The molecule has 0 aliphatic heterocycles. The standard InChI is InChI=1S/C9H14O/c1-4-6-7-9(3)8-10-5-2/h4-7H,2,8H2,1,3H3/b6-4-,9-7+. The Labute approximate surface area is 62.7 Å². The molecule has 0 rings (SSSR count). The maximum atomic E-state index is 4.95. The predicted molar refractivity (Wildman–Crippen MR) is 44.7 cm³/mol. The van der Waals surface area contributed by atoms with Crippen LogP contribution in [0.25, 0.3) is 0 Å². The molecule has 10 heavy (non-hydrogen) atoms. The van der Waals surface area contributed by atoms with Crippen molar-refractivity contribution in [2.45, 2.75) is 13.8 Å². The van der Waals surface area contributed by atoms with E-state index in [9.17, 15) is 0 Å². The van der Waals surface area contributed by atoms with E-state index in [1.165, 1.54) is 11.8 Å². The molecule has 0 spiro atoms. The van der Waals surface area contributed by atoms with E-state index in [-0.39, 0.29) is 0 Å². The van der Waals surface area contributed by atoms with E-state index in [0.717, 1.165) is 0 Å². The SMILES string of the molecule is C=COC/C(C)=C/C=C\C. The lowest BCUT2D eigenvalue weighted by atomic mass is 10.3. The van der Waals surface area contributed by atoms with Gasteiger partial charge in [-0.05, 0) is 19.4 Å². The first-order valence-electron chi connectivity index (χ1n) is 3.32. The molecule has 0 heterocycles. The lowest BCUT2D eigenvalue weighted by Crippen LogP contribution is -1.86. The summed E-state index contributed by atoms with van der Waals surface area (Å²) in [6.45, 7) is 8.08. The first-order valence-corrected chi connectivity index (χ1v) is 3.32. The lowest BCUT2D eigenvalue weighted by Gasteiger charge is -1.97. The van der Waals surface area contributed by atoms with Gasteiger partial charge in [-0.1, -0.05) is 24.8 Å². The maximum Gasteiger partial charge on any atom is 0.108 e. The van der Waals surface area contributed by atoms with Gasteiger partial charge in [0, 0.05) is 0 Å². The summed E-state index contributed by atoms with van der Waals surface area (Å²) in [4.78, 5) is 0. The van der Waals surface area contributed by atoms with Crippen molar-refractivity contribution < 1.29 is 4.74 Å². The van der Waals surface area contributed by atoms with E-state index in [1.54, 1.807) is 0 Å². The molecule has 0 unspecified atom stereocenters. The number of hydrogen-bond donors (Lipinski definition) is 0. The zero-order chi connectivity index (χ0) is 7.82. The summed E-state index contributed by atoms with van der Waals surface area (Å²) in [5.74, 6) is 0. The normalized spacial score (nSPS) is 12.0. The third-order valence-corrected chi connectivity index (χ3v) is 1.00. The van der Waals surface area contributed by atoms with E-state index < -0.39 is 0 Å². The Balaban J connectivity index is 3.59. The topological polar surface area (TPSA) is 9.23 Å². The average Bonchev–Trinajstić information content (AvgIpc) is 1.97. The van der Waals surface area contributed by atoms with Crippen LogP contribution in [0, 0.1) is 0 Å². The zero-order valence-electron chi connectivity index (χ0n) is 6.63. The molecule has 1 heteroatoms. The maximum absolute atomic E-state index is 4.95. The van der Waals surface area contributed by atoms with Crippen molar-refractivity contribution >= 4 is 0 Å². The van der Waals surface area contributed by atoms with E-state index in [0.29, 0.717) is 6.61 Å². The molecule has 0 aliphatic carbocycles. The Bertz CT molecular complexity index is 143. The summed E-state index contributed by atoms with van der Waals surface area (Å²) >= 11 is 0. The molecular formula is C9H14O. The van der Waals surface area contributed by atoms with Crippen molar-refractivity contribution in [1.29, 1.82) is 0 Å². The number of hydrogen-bond acceptors (Lipinski definition) is 1. The van der Waals surface area contributed by atoms with Gasteiger partial charge in [-0.15, -0.1) is 0 Å². The molecule has 0 fully saturated rings.